The lowest BCUT2D eigenvalue weighted by molar-refractivity contribution is 0.0846. The Balaban J connectivity index is 2.03. The first kappa shape index (κ1) is 15.6. The standard InChI is InChI=1S/C24H10N2O4/c27-21-13-8-7-11-10-5-1-3-9-4-2-6-12(14(9)10)16-15(11)17(13)19(22(28)25-21)20-18(16)23(29)26-24(20)30/h1-8H,(H,25,27,28)(H,26,29,30). The molecule has 1 aliphatic rings. The fraction of sp³-hybridized carbons (Fsp3) is 0. The second-order valence-electron chi connectivity index (χ2n) is 7.69. The third-order valence-corrected chi connectivity index (χ3v) is 6.30. The Morgan fingerprint density at radius 1 is 0.533 bits per heavy atom. The highest BCUT2D eigenvalue weighted by molar-refractivity contribution is 6.44. The number of carbonyl (C=O) groups excluding carboxylic acids is 2. The van der Waals surface area contributed by atoms with Crippen LogP contribution in [0, 0.1) is 0 Å². The van der Waals surface area contributed by atoms with E-state index in [0.29, 0.717) is 21.7 Å². The SMILES string of the molecule is O=C1NC(=O)c2c3c1ccc1c4cccc5cccc(c54)c(c4c(=O)[nH]c(=O)c24)c31. The summed E-state index contributed by atoms with van der Waals surface area (Å²) in [5.74, 6) is -1.17. The van der Waals surface area contributed by atoms with Crippen LogP contribution in [-0.2, 0) is 0 Å². The van der Waals surface area contributed by atoms with Gasteiger partial charge >= 0.3 is 0 Å². The number of aromatic amines is 1. The first-order valence-corrected chi connectivity index (χ1v) is 9.47. The number of H-pyrrole nitrogens is 1. The number of benzene rings is 5. The highest BCUT2D eigenvalue weighted by Gasteiger charge is 2.32. The zero-order valence-electron chi connectivity index (χ0n) is 15.3. The van der Waals surface area contributed by atoms with Crippen molar-refractivity contribution in [2.45, 2.75) is 0 Å². The maximum Gasteiger partial charge on any atom is 0.259 e. The van der Waals surface area contributed by atoms with Gasteiger partial charge in [-0.05, 0) is 38.4 Å². The first-order chi connectivity index (χ1) is 14.6. The van der Waals surface area contributed by atoms with Crippen LogP contribution < -0.4 is 16.4 Å². The summed E-state index contributed by atoms with van der Waals surface area (Å²) in [7, 11) is 0. The van der Waals surface area contributed by atoms with Crippen molar-refractivity contribution in [3.05, 3.63) is 80.4 Å². The lowest BCUT2D eigenvalue weighted by Crippen LogP contribution is -2.35. The van der Waals surface area contributed by atoms with Crippen molar-refractivity contribution >= 4 is 65.7 Å². The molecule has 0 saturated carbocycles. The summed E-state index contributed by atoms with van der Waals surface area (Å²) < 4.78 is 0. The molecule has 0 unspecified atom stereocenters. The number of rotatable bonds is 0. The summed E-state index contributed by atoms with van der Waals surface area (Å²) in [5.41, 5.74) is -0.725. The van der Waals surface area contributed by atoms with Crippen LogP contribution in [0.25, 0.3) is 53.9 Å². The molecule has 0 aliphatic carbocycles. The molecule has 0 bridgehead atoms. The van der Waals surface area contributed by atoms with Gasteiger partial charge in [0.1, 0.15) is 0 Å². The molecule has 6 nitrogen and oxygen atoms in total. The van der Waals surface area contributed by atoms with Gasteiger partial charge in [0.25, 0.3) is 22.9 Å². The van der Waals surface area contributed by atoms with Crippen LogP contribution >= 0.6 is 0 Å². The predicted octanol–water partition coefficient (Wildman–Crippen LogP) is 3.26. The molecule has 0 fully saturated rings. The molecule has 0 spiro atoms. The first-order valence-electron chi connectivity index (χ1n) is 9.47. The largest absolute Gasteiger partial charge is 0.288 e. The number of nitrogens with one attached hydrogen (secondary N) is 2. The van der Waals surface area contributed by atoms with Crippen LogP contribution in [-0.4, -0.2) is 16.8 Å². The van der Waals surface area contributed by atoms with Gasteiger partial charge in [-0.1, -0.05) is 42.5 Å². The molecule has 1 aliphatic heterocycles. The summed E-state index contributed by atoms with van der Waals surface area (Å²) >= 11 is 0. The summed E-state index contributed by atoms with van der Waals surface area (Å²) in [6, 6.07) is 15.3. The second-order valence-corrected chi connectivity index (χ2v) is 7.69. The van der Waals surface area contributed by atoms with Crippen molar-refractivity contribution in [1.82, 2.24) is 10.3 Å². The van der Waals surface area contributed by atoms with E-state index >= 15 is 0 Å². The van der Waals surface area contributed by atoms with E-state index in [1.807, 2.05) is 42.5 Å². The molecule has 0 radical (unpaired) electrons. The van der Waals surface area contributed by atoms with Crippen LogP contribution in [0.2, 0.25) is 0 Å². The van der Waals surface area contributed by atoms with E-state index < -0.39 is 22.9 Å². The molecule has 2 N–H and O–H groups in total. The normalized spacial score (nSPS) is 14.0. The van der Waals surface area contributed by atoms with Gasteiger partial charge < -0.3 is 0 Å². The number of aromatic nitrogens is 1. The van der Waals surface area contributed by atoms with E-state index in [1.165, 1.54) is 0 Å². The highest BCUT2D eigenvalue weighted by atomic mass is 16.2. The van der Waals surface area contributed by atoms with Crippen LogP contribution in [0.5, 0.6) is 0 Å². The van der Waals surface area contributed by atoms with Crippen LogP contribution in [0.15, 0.2) is 58.1 Å². The molecule has 6 heteroatoms. The molecular formula is C24H10N2O4. The van der Waals surface area contributed by atoms with E-state index in [0.717, 1.165) is 26.9 Å². The Morgan fingerprint density at radius 2 is 1.20 bits per heavy atom. The van der Waals surface area contributed by atoms with E-state index in [4.69, 9.17) is 0 Å². The number of carbonyl (C=O) groups is 2. The van der Waals surface area contributed by atoms with Gasteiger partial charge in [-0.15, -0.1) is 0 Å². The topological polar surface area (TPSA) is 96.1 Å². The smallest absolute Gasteiger partial charge is 0.259 e. The lowest BCUT2D eigenvalue weighted by atomic mass is 9.83. The van der Waals surface area contributed by atoms with Crippen molar-refractivity contribution in [3.8, 4) is 0 Å². The van der Waals surface area contributed by atoms with Crippen molar-refractivity contribution < 1.29 is 9.59 Å². The Hall–Kier alpha value is -4.32. The lowest BCUT2D eigenvalue weighted by Gasteiger charge is -2.21. The number of hydrogen-bond donors (Lipinski definition) is 2. The molecule has 7 rings (SSSR count). The molecule has 6 aromatic rings. The van der Waals surface area contributed by atoms with Gasteiger partial charge in [0, 0.05) is 16.3 Å². The molecule has 1 aromatic heterocycles. The molecule has 140 valence electrons. The van der Waals surface area contributed by atoms with Crippen molar-refractivity contribution in [2.75, 3.05) is 0 Å². The van der Waals surface area contributed by atoms with Gasteiger partial charge in [0.2, 0.25) is 0 Å². The zero-order valence-corrected chi connectivity index (χ0v) is 15.3. The van der Waals surface area contributed by atoms with Crippen molar-refractivity contribution in [3.63, 3.8) is 0 Å². The quantitative estimate of drug-likeness (QED) is 0.236. The van der Waals surface area contributed by atoms with Gasteiger partial charge in [-0.25, -0.2) is 0 Å². The predicted molar refractivity (Wildman–Crippen MR) is 115 cm³/mol. The molecule has 0 atom stereocenters. The minimum atomic E-state index is -0.658. The van der Waals surface area contributed by atoms with Crippen LogP contribution in [0.3, 0.4) is 0 Å². The molecular weight excluding hydrogens is 380 g/mol. The molecule has 0 saturated heterocycles. The maximum atomic E-state index is 12.9. The van der Waals surface area contributed by atoms with Crippen molar-refractivity contribution in [2.24, 2.45) is 0 Å². The van der Waals surface area contributed by atoms with Gasteiger partial charge in [-0.2, -0.15) is 0 Å². The van der Waals surface area contributed by atoms with E-state index in [9.17, 15) is 19.2 Å². The summed E-state index contributed by atoms with van der Waals surface area (Å²) in [4.78, 5) is 53.4. The number of hydrogen-bond acceptors (Lipinski definition) is 4. The fourth-order valence-corrected chi connectivity index (χ4v) is 5.22. The third-order valence-electron chi connectivity index (χ3n) is 6.30. The maximum absolute atomic E-state index is 12.9. The minimum absolute atomic E-state index is 0.0438. The molecule has 2 heterocycles. The number of imide groups is 1. The van der Waals surface area contributed by atoms with E-state index in [-0.39, 0.29) is 16.3 Å². The van der Waals surface area contributed by atoms with Gasteiger partial charge in [0.05, 0.1) is 16.3 Å². The molecule has 30 heavy (non-hydrogen) atoms. The monoisotopic (exact) mass is 390 g/mol. The van der Waals surface area contributed by atoms with E-state index in [1.54, 1.807) is 6.07 Å². The summed E-state index contributed by atoms with van der Waals surface area (Å²) in [5, 5.41) is 8.88. The average Bonchev–Trinajstić information content (AvgIpc) is 3.03. The van der Waals surface area contributed by atoms with Gasteiger partial charge in [-0.3, -0.25) is 29.5 Å². The molecule has 2 amide bonds. The van der Waals surface area contributed by atoms with Gasteiger partial charge in [0.15, 0.2) is 0 Å². The minimum Gasteiger partial charge on any atom is -0.288 e. The second kappa shape index (κ2) is 4.80. The van der Waals surface area contributed by atoms with E-state index in [2.05, 4.69) is 10.3 Å². The molecule has 5 aromatic carbocycles. The Bertz CT molecular complexity index is 1890. The summed E-state index contributed by atoms with van der Waals surface area (Å²) in [6.07, 6.45) is 0. The Kier molecular flexibility index (Phi) is 2.50. The highest BCUT2D eigenvalue weighted by Crippen LogP contribution is 2.45. The number of fused-ring (bicyclic) bond motifs is 5. The average molecular weight is 390 g/mol. The summed E-state index contributed by atoms with van der Waals surface area (Å²) in [6.45, 7) is 0. The van der Waals surface area contributed by atoms with Crippen molar-refractivity contribution in [1.29, 1.82) is 0 Å². The fourth-order valence-electron chi connectivity index (χ4n) is 5.22. The van der Waals surface area contributed by atoms with Crippen LogP contribution in [0.1, 0.15) is 20.7 Å². The Labute approximate surface area is 166 Å². The van der Waals surface area contributed by atoms with Crippen LogP contribution in [0.4, 0.5) is 0 Å². The zero-order chi connectivity index (χ0) is 20.3. The number of amides is 2. The third kappa shape index (κ3) is 1.55. The Morgan fingerprint density at radius 3 is 2.00 bits per heavy atom.